The lowest BCUT2D eigenvalue weighted by molar-refractivity contribution is -0.130. The molecule has 1 heterocycles. The van der Waals surface area contributed by atoms with E-state index in [1.807, 2.05) is 18.2 Å². The van der Waals surface area contributed by atoms with Crippen LogP contribution in [0.4, 0.5) is 0 Å². The van der Waals surface area contributed by atoms with Crippen LogP contribution < -0.4 is 14.9 Å². The van der Waals surface area contributed by atoms with Crippen LogP contribution in [0.25, 0.3) is 0 Å². The molecule has 2 aliphatic rings. The highest BCUT2D eigenvalue weighted by Gasteiger charge is 2.31. The minimum Gasteiger partial charge on any atom is -0.485 e. The Hall–Kier alpha value is -2.04. The molecule has 0 saturated heterocycles. The molecule has 2 atom stereocenters. The lowest BCUT2D eigenvalue weighted by Gasteiger charge is -2.34. The van der Waals surface area contributed by atoms with Crippen LogP contribution >= 0.6 is 0 Å². The fraction of sp³-hybridized carbons (Fsp3) is 0.556. The van der Waals surface area contributed by atoms with Crippen molar-refractivity contribution in [2.45, 2.75) is 46.1 Å². The summed E-state index contributed by atoms with van der Waals surface area (Å²) in [6, 6.07) is 7.36. The Morgan fingerprint density at radius 2 is 2.04 bits per heavy atom. The molecule has 3 rings (SSSR count). The summed E-state index contributed by atoms with van der Waals surface area (Å²) in [5.41, 5.74) is 3.95. The number of hydrogen-bond donors (Lipinski definition) is 1. The van der Waals surface area contributed by atoms with Gasteiger partial charge in [0.05, 0.1) is 0 Å². The van der Waals surface area contributed by atoms with E-state index < -0.39 is 6.10 Å². The predicted octanol–water partition coefficient (Wildman–Crippen LogP) is 3.14. The maximum Gasteiger partial charge on any atom is 0.284 e. The van der Waals surface area contributed by atoms with Crippen molar-refractivity contribution in [2.24, 2.45) is 16.4 Å². The zero-order valence-corrected chi connectivity index (χ0v) is 14.0. The van der Waals surface area contributed by atoms with Gasteiger partial charge in [-0.15, -0.1) is 0 Å². The molecule has 1 aromatic rings. The largest absolute Gasteiger partial charge is 0.485 e. The third-order valence-electron chi connectivity index (χ3n) is 4.29. The van der Waals surface area contributed by atoms with E-state index in [9.17, 15) is 4.79 Å². The van der Waals surface area contributed by atoms with E-state index in [1.54, 1.807) is 6.07 Å². The highest BCUT2D eigenvalue weighted by Crippen LogP contribution is 2.37. The number of para-hydroxylation sites is 2. The normalized spacial score (nSPS) is 27.5. The van der Waals surface area contributed by atoms with Crippen molar-refractivity contribution >= 4 is 11.6 Å². The van der Waals surface area contributed by atoms with Gasteiger partial charge in [0.1, 0.15) is 6.61 Å². The van der Waals surface area contributed by atoms with Crippen molar-refractivity contribution in [3.8, 4) is 11.5 Å². The minimum atomic E-state index is -0.664. The van der Waals surface area contributed by atoms with Gasteiger partial charge in [0, 0.05) is 5.71 Å². The van der Waals surface area contributed by atoms with Crippen molar-refractivity contribution in [3.63, 3.8) is 0 Å². The molecule has 124 valence electrons. The van der Waals surface area contributed by atoms with Gasteiger partial charge in [0.2, 0.25) is 6.10 Å². The van der Waals surface area contributed by atoms with Crippen molar-refractivity contribution in [1.82, 2.24) is 5.43 Å². The molecular formula is C18H24N2O3. The zero-order chi connectivity index (χ0) is 16.4. The summed E-state index contributed by atoms with van der Waals surface area (Å²) in [7, 11) is 0. The van der Waals surface area contributed by atoms with E-state index in [4.69, 9.17) is 9.47 Å². The molecule has 0 radical (unpaired) electrons. The Morgan fingerprint density at radius 3 is 2.78 bits per heavy atom. The lowest BCUT2D eigenvalue weighted by atomic mass is 9.72. The van der Waals surface area contributed by atoms with Crippen LogP contribution in [-0.4, -0.2) is 24.3 Å². The summed E-state index contributed by atoms with van der Waals surface area (Å²) in [5, 5.41) is 4.34. The van der Waals surface area contributed by atoms with Gasteiger partial charge < -0.3 is 9.47 Å². The first kappa shape index (κ1) is 15.8. The average molecular weight is 316 g/mol. The highest BCUT2D eigenvalue weighted by atomic mass is 16.6. The van der Waals surface area contributed by atoms with Crippen LogP contribution in [0.2, 0.25) is 0 Å². The third kappa shape index (κ3) is 3.84. The molecule has 1 fully saturated rings. The van der Waals surface area contributed by atoms with Crippen LogP contribution in [-0.2, 0) is 4.79 Å². The second-order valence-electron chi connectivity index (χ2n) is 7.37. The quantitative estimate of drug-likeness (QED) is 0.853. The maximum absolute atomic E-state index is 12.3. The van der Waals surface area contributed by atoms with E-state index in [1.165, 1.54) is 6.42 Å². The molecule has 5 heteroatoms. The topological polar surface area (TPSA) is 59.9 Å². The fourth-order valence-corrected chi connectivity index (χ4v) is 3.55. The first-order valence-electron chi connectivity index (χ1n) is 8.17. The molecule has 1 aromatic carbocycles. The first-order valence-corrected chi connectivity index (χ1v) is 8.17. The SMILES string of the molecule is C[C@@H]1C/C(=N/NC(=O)[C@H]2COc3ccccc3O2)CC(C)(C)C1. The number of benzene rings is 1. The van der Waals surface area contributed by atoms with Gasteiger partial charge in [0.25, 0.3) is 5.91 Å². The number of rotatable bonds is 2. The van der Waals surface area contributed by atoms with Crippen LogP contribution in [0.5, 0.6) is 11.5 Å². The highest BCUT2D eigenvalue weighted by molar-refractivity contribution is 5.88. The van der Waals surface area contributed by atoms with Gasteiger partial charge in [-0.25, -0.2) is 5.43 Å². The Balaban J connectivity index is 1.61. The van der Waals surface area contributed by atoms with Gasteiger partial charge in [-0.3, -0.25) is 4.79 Å². The van der Waals surface area contributed by atoms with Gasteiger partial charge >= 0.3 is 0 Å². The monoisotopic (exact) mass is 316 g/mol. The van der Waals surface area contributed by atoms with Crippen molar-refractivity contribution in [3.05, 3.63) is 24.3 Å². The summed E-state index contributed by atoms with van der Waals surface area (Å²) >= 11 is 0. The minimum absolute atomic E-state index is 0.204. The van der Waals surface area contributed by atoms with E-state index in [-0.39, 0.29) is 17.9 Å². The summed E-state index contributed by atoms with van der Waals surface area (Å²) in [5.74, 6) is 1.60. The van der Waals surface area contributed by atoms with Crippen LogP contribution in [0, 0.1) is 11.3 Å². The number of hydrazone groups is 1. The molecule has 5 nitrogen and oxygen atoms in total. The van der Waals surface area contributed by atoms with Gasteiger partial charge in [-0.2, -0.15) is 5.10 Å². The zero-order valence-electron chi connectivity index (χ0n) is 14.0. The third-order valence-corrected chi connectivity index (χ3v) is 4.29. The number of ether oxygens (including phenoxy) is 2. The van der Waals surface area contributed by atoms with Crippen LogP contribution in [0.3, 0.4) is 0 Å². The molecule has 0 spiro atoms. The fourth-order valence-electron chi connectivity index (χ4n) is 3.55. The molecule has 0 aromatic heterocycles. The standard InChI is InChI=1S/C18H24N2O3/c1-12-8-13(10-18(2,3)9-12)19-20-17(21)16-11-22-14-6-4-5-7-15(14)23-16/h4-7,12,16H,8-11H2,1-3H3,(H,20,21)/b19-13-/t12-,16-/m1/s1. The van der Waals surface area contributed by atoms with Gasteiger partial charge in [-0.1, -0.05) is 32.9 Å². The van der Waals surface area contributed by atoms with Crippen molar-refractivity contribution in [1.29, 1.82) is 0 Å². The number of fused-ring (bicyclic) bond motifs is 1. The smallest absolute Gasteiger partial charge is 0.284 e. The molecular weight excluding hydrogens is 292 g/mol. The van der Waals surface area contributed by atoms with E-state index >= 15 is 0 Å². The van der Waals surface area contributed by atoms with E-state index in [2.05, 4.69) is 31.3 Å². The predicted molar refractivity (Wildman–Crippen MR) is 88.7 cm³/mol. The Morgan fingerprint density at radius 1 is 1.30 bits per heavy atom. The number of nitrogens with zero attached hydrogens (tertiary/aromatic N) is 1. The second-order valence-corrected chi connectivity index (χ2v) is 7.37. The molecule has 0 unspecified atom stereocenters. The Kier molecular flexibility index (Phi) is 4.28. The number of amides is 1. The van der Waals surface area contributed by atoms with Gasteiger partial charge in [0.15, 0.2) is 11.5 Å². The number of nitrogens with one attached hydrogen (secondary N) is 1. The second kappa shape index (κ2) is 6.22. The Labute approximate surface area is 137 Å². The van der Waals surface area contributed by atoms with E-state index in [0.717, 1.165) is 18.6 Å². The number of carbonyl (C=O) groups is 1. The molecule has 1 aliphatic carbocycles. The van der Waals surface area contributed by atoms with Crippen LogP contribution in [0.1, 0.15) is 40.0 Å². The first-order chi connectivity index (χ1) is 10.9. The summed E-state index contributed by atoms with van der Waals surface area (Å²) in [6.07, 6.45) is 2.39. The lowest BCUT2D eigenvalue weighted by Crippen LogP contribution is -2.43. The molecule has 0 bridgehead atoms. The number of hydrogen-bond acceptors (Lipinski definition) is 4. The van der Waals surface area contributed by atoms with Crippen molar-refractivity contribution < 1.29 is 14.3 Å². The van der Waals surface area contributed by atoms with Gasteiger partial charge in [-0.05, 0) is 42.7 Å². The molecule has 1 amide bonds. The molecule has 23 heavy (non-hydrogen) atoms. The van der Waals surface area contributed by atoms with E-state index in [0.29, 0.717) is 17.4 Å². The molecule has 1 N–H and O–H groups in total. The summed E-state index contributed by atoms with van der Waals surface area (Å²) < 4.78 is 11.3. The van der Waals surface area contributed by atoms with Crippen LogP contribution in [0.15, 0.2) is 29.4 Å². The molecule has 1 aliphatic heterocycles. The number of carbonyl (C=O) groups excluding carboxylic acids is 1. The molecule has 1 saturated carbocycles. The maximum atomic E-state index is 12.3. The van der Waals surface area contributed by atoms with Crippen molar-refractivity contribution in [2.75, 3.05) is 6.61 Å². The summed E-state index contributed by atoms with van der Waals surface area (Å²) in [6.45, 7) is 6.92. The Bertz CT molecular complexity index is 624. The average Bonchev–Trinajstić information content (AvgIpc) is 2.50. The summed E-state index contributed by atoms with van der Waals surface area (Å²) in [4.78, 5) is 12.3.